The lowest BCUT2D eigenvalue weighted by molar-refractivity contribution is -0.107. The molecule has 0 radical (unpaired) electrons. The number of hydrogen-bond donors (Lipinski definition) is 1. The van der Waals surface area contributed by atoms with E-state index in [1.54, 1.807) is 36.7 Å². The molecule has 1 aromatic heterocycles. The van der Waals surface area contributed by atoms with Crippen LogP contribution in [0.25, 0.3) is 0 Å². The molecule has 1 amide bonds. The molecule has 1 aromatic carbocycles. The summed E-state index contributed by atoms with van der Waals surface area (Å²) in [5.41, 5.74) is 1.83. The molecular formula is C14H12N2O3. The first-order chi connectivity index (χ1) is 9.20. The lowest BCUT2D eigenvalue weighted by atomic mass is 10.1. The molecule has 0 aliphatic heterocycles. The molecule has 0 atom stereocenters. The molecule has 5 nitrogen and oxygen atoms in total. The number of hydrogen-bond acceptors (Lipinski definition) is 3. The zero-order valence-electron chi connectivity index (χ0n) is 10.1. The number of anilines is 1. The fraction of sp³-hybridized carbons (Fsp3) is 0.0714. The van der Waals surface area contributed by atoms with E-state index in [0.29, 0.717) is 6.54 Å². The van der Waals surface area contributed by atoms with Crippen LogP contribution in [0.5, 0.6) is 0 Å². The number of carboxylic acid groups (broad SMARTS) is 1. The summed E-state index contributed by atoms with van der Waals surface area (Å²) < 4.78 is 0. The van der Waals surface area contributed by atoms with Crippen LogP contribution < -0.4 is 4.90 Å². The molecule has 0 fully saturated rings. The average molecular weight is 256 g/mol. The molecule has 2 rings (SSSR count). The highest BCUT2D eigenvalue weighted by Crippen LogP contribution is 2.14. The third-order valence-electron chi connectivity index (χ3n) is 2.68. The van der Waals surface area contributed by atoms with E-state index in [-0.39, 0.29) is 5.56 Å². The van der Waals surface area contributed by atoms with Crippen molar-refractivity contribution in [2.75, 3.05) is 4.90 Å². The van der Waals surface area contributed by atoms with Gasteiger partial charge in [0, 0.05) is 18.1 Å². The SMILES string of the molecule is O=CN(Cc1ccc(C(=O)O)cc1)c1ccncc1. The number of carboxylic acids is 1. The molecule has 0 saturated carbocycles. The number of aromatic carboxylic acids is 1. The van der Waals surface area contributed by atoms with Gasteiger partial charge in [-0.25, -0.2) is 4.79 Å². The molecule has 19 heavy (non-hydrogen) atoms. The second-order valence-corrected chi connectivity index (χ2v) is 3.94. The van der Waals surface area contributed by atoms with Gasteiger partial charge in [-0.15, -0.1) is 0 Å². The predicted octanol–water partition coefficient (Wildman–Crippen LogP) is 1.94. The third-order valence-corrected chi connectivity index (χ3v) is 2.68. The Hall–Kier alpha value is -2.69. The van der Waals surface area contributed by atoms with Crippen molar-refractivity contribution in [3.63, 3.8) is 0 Å². The second kappa shape index (κ2) is 5.77. The lowest BCUT2D eigenvalue weighted by Gasteiger charge is -2.17. The van der Waals surface area contributed by atoms with Gasteiger partial charge in [-0.3, -0.25) is 9.78 Å². The fourth-order valence-electron chi connectivity index (χ4n) is 1.67. The number of rotatable bonds is 5. The smallest absolute Gasteiger partial charge is 0.335 e. The molecule has 0 aliphatic rings. The monoisotopic (exact) mass is 256 g/mol. The summed E-state index contributed by atoms with van der Waals surface area (Å²) in [6.45, 7) is 0.382. The molecule has 1 N–H and O–H groups in total. The molecule has 96 valence electrons. The molecule has 1 heterocycles. The van der Waals surface area contributed by atoms with Crippen LogP contribution in [0.1, 0.15) is 15.9 Å². The number of amides is 1. The summed E-state index contributed by atoms with van der Waals surface area (Å²) in [6.07, 6.45) is 3.96. The standard InChI is InChI=1S/C14H12N2O3/c17-10-16(13-5-7-15-8-6-13)9-11-1-3-12(4-2-11)14(18)19/h1-8,10H,9H2,(H,18,19). The topological polar surface area (TPSA) is 70.5 Å². The van der Waals surface area contributed by atoms with Crippen LogP contribution >= 0.6 is 0 Å². The number of benzene rings is 1. The van der Waals surface area contributed by atoms with Crippen molar-refractivity contribution in [2.24, 2.45) is 0 Å². The van der Waals surface area contributed by atoms with Crippen molar-refractivity contribution < 1.29 is 14.7 Å². The Kier molecular flexibility index (Phi) is 3.87. The maximum Gasteiger partial charge on any atom is 0.335 e. The van der Waals surface area contributed by atoms with Gasteiger partial charge in [-0.2, -0.15) is 0 Å². The Balaban J connectivity index is 2.15. The van der Waals surface area contributed by atoms with Gasteiger partial charge >= 0.3 is 5.97 Å². The normalized spacial score (nSPS) is 9.89. The minimum Gasteiger partial charge on any atom is -0.478 e. The van der Waals surface area contributed by atoms with Crippen LogP contribution in [0.4, 0.5) is 5.69 Å². The van der Waals surface area contributed by atoms with Crippen LogP contribution in [0.2, 0.25) is 0 Å². The third kappa shape index (κ3) is 3.16. The molecular weight excluding hydrogens is 244 g/mol. The Labute approximate surface area is 110 Å². The van der Waals surface area contributed by atoms with Crippen molar-refractivity contribution in [3.8, 4) is 0 Å². The van der Waals surface area contributed by atoms with Crippen LogP contribution in [0.15, 0.2) is 48.8 Å². The summed E-state index contributed by atoms with van der Waals surface area (Å²) in [4.78, 5) is 27.3. The highest BCUT2D eigenvalue weighted by atomic mass is 16.4. The van der Waals surface area contributed by atoms with Gasteiger partial charge in [0.2, 0.25) is 6.41 Å². The van der Waals surface area contributed by atoms with Gasteiger partial charge in [0.15, 0.2) is 0 Å². The maximum atomic E-state index is 11.1. The zero-order chi connectivity index (χ0) is 13.7. The Morgan fingerprint density at radius 1 is 1.16 bits per heavy atom. The first-order valence-electron chi connectivity index (χ1n) is 5.65. The first-order valence-corrected chi connectivity index (χ1v) is 5.65. The number of aromatic nitrogens is 1. The molecule has 0 unspecified atom stereocenters. The molecule has 0 aliphatic carbocycles. The maximum absolute atomic E-state index is 11.1. The van der Waals surface area contributed by atoms with E-state index in [0.717, 1.165) is 17.7 Å². The summed E-state index contributed by atoms with van der Waals surface area (Å²) >= 11 is 0. The van der Waals surface area contributed by atoms with Crippen molar-refractivity contribution in [1.82, 2.24) is 4.98 Å². The van der Waals surface area contributed by atoms with E-state index in [4.69, 9.17) is 5.11 Å². The molecule has 0 spiro atoms. The lowest BCUT2D eigenvalue weighted by Crippen LogP contribution is -2.20. The van der Waals surface area contributed by atoms with E-state index >= 15 is 0 Å². The minimum absolute atomic E-state index is 0.227. The van der Waals surface area contributed by atoms with Crippen LogP contribution in [0, 0.1) is 0 Å². The predicted molar refractivity (Wildman–Crippen MR) is 69.9 cm³/mol. The van der Waals surface area contributed by atoms with Gasteiger partial charge in [-0.1, -0.05) is 12.1 Å². The summed E-state index contributed by atoms with van der Waals surface area (Å²) in [6, 6.07) is 9.91. The highest BCUT2D eigenvalue weighted by Gasteiger charge is 2.07. The summed E-state index contributed by atoms with van der Waals surface area (Å²) in [5.74, 6) is -0.965. The van der Waals surface area contributed by atoms with Crippen LogP contribution in [-0.2, 0) is 11.3 Å². The van der Waals surface area contributed by atoms with E-state index in [1.807, 2.05) is 0 Å². The summed E-state index contributed by atoms with van der Waals surface area (Å²) in [5, 5.41) is 8.81. The molecule has 2 aromatic rings. The second-order valence-electron chi connectivity index (χ2n) is 3.94. The molecule has 0 bridgehead atoms. The largest absolute Gasteiger partial charge is 0.478 e. The van der Waals surface area contributed by atoms with E-state index in [2.05, 4.69) is 4.98 Å². The van der Waals surface area contributed by atoms with Crippen molar-refractivity contribution in [1.29, 1.82) is 0 Å². The Bertz CT molecular complexity index is 567. The summed E-state index contributed by atoms with van der Waals surface area (Å²) in [7, 11) is 0. The highest BCUT2D eigenvalue weighted by molar-refractivity contribution is 5.87. The van der Waals surface area contributed by atoms with Crippen molar-refractivity contribution in [2.45, 2.75) is 6.54 Å². The quantitative estimate of drug-likeness (QED) is 0.830. The first kappa shape index (κ1) is 12.8. The van der Waals surface area contributed by atoms with Gasteiger partial charge in [0.1, 0.15) is 0 Å². The van der Waals surface area contributed by atoms with Gasteiger partial charge in [-0.05, 0) is 29.8 Å². The van der Waals surface area contributed by atoms with Crippen molar-refractivity contribution in [3.05, 3.63) is 59.9 Å². The molecule has 0 saturated heterocycles. The van der Waals surface area contributed by atoms with Crippen molar-refractivity contribution >= 4 is 18.1 Å². The van der Waals surface area contributed by atoms with E-state index in [1.165, 1.54) is 17.0 Å². The minimum atomic E-state index is -0.965. The Morgan fingerprint density at radius 3 is 2.32 bits per heavy atom. The number of carbonyl (C=O) groups excluding carboxylic acids is 1. The zero-order valence-corrected chi connectivity index (χ0v) is 10.1. The van der Waals surface area contributed by atoms with E-state index < -0.39 is 5.97 Å². The van der Waals surface area contributed by atoms with Crippen LogP contribution in [-0.4, -0.2) is 22.5 Å². The van der Waals surface area contributed by atoms with Gasteiger partial charge in [0.25, 0.3) is 0 Å². The number of nitrogens with zero attached hydrogens (tertiary/aromatic N) is 2. The average Bonchev–Trinajstić information content (AvgIpc) is 2.46. The molecule has 5 heteroatoms. The number of carbonyl (C=O) groups is 2. The van der Waals surface area contributed by atoms with Crippen LogP contribution in [0.3, 0.4) is 0 Å². The van der Waals surface area contributed by atoms with Gasteiger partial charge in [0.05, 0.1) is 12.1 Å². The number of pyridine rings is 1. The van der Waals surface area contributed by atoms with Gasteiger partial charge < -0.3 is 10.0 Å². The Morgan fingerprint density at radius 2 is 1.79 bits per heavy atom. The fourth-order valence-corrected chi connectivity index (χ4v) is 1.67. The van der Waals surface area contributed by atoms with E-state index in [9.17, 15) is 9.59 Å².